The highest BCUT2D eigenvalue weighted by Gasteiger charge is 2.37. The Labute approximate surface area is 121 Å². The largest absolute Gasteiger partial charge is 0.327 e. The molecule has 0 saturated heterocycles. The predicted octanol–water partition coefficient (Wildman–Crippen LogP) is 3.81. The predicted molar refractivity (Wildman–Crippen MR) is 80.4 cm³/mol. The van der Waals surface area contributed by atoms with E-state index in [-0.39, 0.29) is 6.04 Å². The first kappa shape index (κ1) is 14.9. The average Bonchev–Trinajstić information content (AvgIpc) is 2.69. The third kappa shape index (κ3) is 2.97. The molecular weight excluding hydrogens is 258 g/mol. The zero-order valence-electron chi connectivity index (χ0n) is 12.5. The van der Waals surface area contributed by atoms with Gasteiger partial charge in [0.15, 0.2) is 0 Å². The van der Waals surface area contributed by atoms with Crippen molar-refractivity contribution in [3.05, 3.63) is 16.9 Å². The van der Waals surface area contributed by atoms with Crippen LogP contribution in [0.2, 0.25) is 5.02 Å². The van der Waals surface area contributed by atoms with E-state index >= 15 is 0 Å². The number of aryl methyl sites for hydroxylation is 1. The highest BCUT2D eigenvalue weighted by Crippen LogP contribution is 2.44. The second-order valence-corrected chi connectivity index (χ2v) is 7.25. The first-order chi connectivity index (χ1) is 8.84. The van der Waals surface area contributed by atoms with Crippen LogP contribution in [-0.2, 0) is 6.54 Å². The maximum absolute atomic E-state index is 6.37. The van der Waals surface area contributed by atoms with Crippen LogP contribution in [0.4, 0.5) is 0 Å². The molecule has 2 N–H and O–H groups in total. The van der Waals surface area contributed by atoms with Crippen molar-refractivity contribution in [2.24, 2.45) is 17.1 Å². The molecule has 3 unspecified atom stereocenters. The number of nitrogens with zero attached hydrogens (tertiary/aromatic N) is 2. The fourth-order valence-electron chi connectivity index (χ4n) is 3.29. The summed E-state index contributed by atoms with van der Waals surface area (Å²) in [6.45, 7) is 9.92. The molecule has 0 aliphatic heterocycles. The molecule has 0 amide bonds. The van der Waals surface area contributed by atoms with Gasteiger partial charge in [-0.2, -0.15) is 5.10 Å². The Morgan fingerprint density at radius 3 is 2.68 bits per heavy atom. The van der Waals surface area contributed by atoms with E-state index in [0.29, 0.717) is 17.3 Å². The molecular formula is C15H26ClN3. The van der Waals surface area contributed by atoms with Crippen LogP contribution in [0.1, 0.15) is 58.6 Å². The van der Waals surface area contributed by atoms with Gasteiger partial charge in [0, 0.05) is 18.5 Å². The van der Waals surface area contributed by atoms with Crippen molar-refractivity contribution < 1.29 is 0 Å². The van der Waals surface area contributed by atoms with E-state index < -0.39 is 0 Å². The average molecular weight is 284 g/mol. The highest BCUT2D eigenvalue weighted by molar-refractivity contribution is 6.31. The summed E-state index contributed by atoms with van der Waals surface area (Å²) in [4.78, 5) is 0. The zero-order chi connectivity index (χ0) is 14.2. The van der Waals surface area contributed by atoms with E-state index in [0.717, 1.165) is 30.1 Å². The number of hydrogen-bond donors (Lipinski definition) is 1. The van der Waals surface area contributed by atoms with E-state index in [1.807, 2.05) is 4.68 Å². The Morgan fingerprint density at radius 2 is 2.11 bits per heavy atom. The third-order valence-electron chi connectivity index (χ3n) is 4.61. The maximum atomic E-state index is 6.37. The minimum Gasteiger partial charge on any atom is -0.327 e. The monoisotopic (exact) mass is 283 g/mol. The molecule has 3 atom stereocenters. The first-order valence-corrected chi connectivity index (χ1v) is 7.69. The Balaban J connectivity index is 2.28. The Kier molecular flexibility index (Phi) is 4.26. The Morgan fingerprint density at radius 1 is 1.42 bits per heavy atom. The fourth-order valence-corrected chi connectivity index (χ4v) is 3.57. The Bertz CT molecular complexity index is 433. The van der Waals surface area contributed by atoms with Gasteiger partial charge in [-0.3, -0.25) is 4.68 Å². The van der Waals surface area contributed by atoms with Gasteiger partial charge < -0.3 is 5.73 Å². The summed E-state index contributed by atoms with van der Waals surface area (Å²) in [6.07, 6.45) is 5.18. The molecule has 2 rings (SSSR count). The molecule has 1 aromatic heterocycles. The second-order valence-electron chi connectivity index (χ2n) is 6.84. The molecule has 1 aliphatic carbocycles. The zero-order valence-corrected chi connectivity index (χ0v) is 13.2. The van der Waals surface area contributed by atoms with Gasteiger partial charge >= 0.3 is 0 Å². The van der Waals surface area contributed by atoms with E-state index in [9.17, 15) is 0 Å². The lowest BCUT2D eigenvalue weighted by Gasteiger charge is -2.40. The quantitative estimate of drug-likeness (QED) is 0.897. The summed E-state index contributed by atoms with van der Waals surface area (Å²) in [7, 11) is 0. The lowest BCUT2D eigenvalue weighted by molar-refractivity contribution is 0.151. The van der Waals surface area contributed by atoms with Crippen molar-refractivity contribution in [3.63, 3.8) is 0 Å². The van der Waals surface area contributed by atoms with Crippen LogP contribution in [0, 0.1) is 11.3 Å². The molecule has 19 heavy (non-hydrogen) atoms. The van der Waals surface area contributed by atoms with Crippen molar-refractivity contribution in [2.75, 3.05) is 0 Å². The van der Waals surface area contributed by atoms with E-state index in [4.69, 9.17) is 17.3 Å². The third-order valence-corrected chi connectivity index (χ3v) is 4.90. The summed E-state index contributed by atoms with van der Waals surface area (Å²) in [6, 6.07) is 0.207. The topological polar surface area (TPSA) is 43.8 Å². The van der Waals surface area contributed by atoms with E-state index in [1.165, 1.54) is 6.42 Å². The van der Waals surface area contributed by atoms with Gasteiger partial charge in [0.25, 0.3) is 0 Å². The first-order valence-electron chi connectivity index (χ1n) is 7.31. The lowest BCUT2D eigenvalue weighted by atomic mass is 9.67. The number of halogens is 1. The van der Waals surface area contributed by atoms with Crippen molar-refractivity contribution in [2.45, 2.75) is 65.5 Å². The Hall–Kier alpha value is -0.540. The van der Waals surface area contributed by atoms with Crippen molar-refractivity contribution in [1.82, 2.24) is 9.78 Å². The van der Waals surface area contributed by atoms with Gasteiger partial charge in [-0.15, -0.1) is 0 Å². The van der Waals surface area contributed by atoms with Crippen LogP contribution < -0.4 is 5.73 Å². The normalized spacial score (nSPS) is 28.6. The molecule has 108 valence electrons. The van der Waals surface area contributed by atoms with Crippen molar-refractivity contribution in [3.8, 4) is 0 Å². The summed E-state index contributed by atoms with van der Waals surface area (Å²) < 4.78 is 2.01. The van der Waals surface area contributed by atoms with Crippen molar-refractivity contribution >= 4 is 11.6 Å². The number of rotatable bonds is 2. The highest BCUT2D eigenvalue weighted by atomic mass is 35.5. The molecule has 1 fully saturated rings. The lowest BCUT2D eigenvalue weighted by Crippen LogP contribution is -2.39. The van der Waals surface area contributed by atoms with Crippen LogP contribution in [0.5, 0.6) is 0 Å². The molecule has 1 saturated carbocycles. The summed E-state index contributed by atoms with van der Waals surface area (Å²) >= 11 is 6.35. The van der Waals surface area contributed by atoms with Gasteiger partial charge in [0.05, 0.1) is 16.9 Å². The number of aromatic nitrogens is 2. The molecule has 3 nitrogen and oxygen atoms in total. The molecule has 4 heteroatoms. The van der Waals surface area contributed by atoms with Gasteiger partial charge in [-0.1, -0.05) is 32.4 Å². The second kappa shape index (κ2) is 5.45. The molecule has 0 aromatic carbocycles. The van der Waals surface area contributed by atoms with Gasteiger partial charge in [0.2, 0.25) is 0 Å². The van der Waals surface area contributed by atoms with Crippen LogP contribution in [-0.4, -0.2) is 15.8 Å². The smallest absolute Gasteiger partial charge is 0.0821 e. The fraction of sp³-hybridized carbons (Fsp3) is 0.800. The van der Waals surface area contributed by atoms with Crippen LogP contribution in [0.25, 0.3) is 0 Å². The minimum absolute atomic E-state index is 0.207. The summed E-state index contributed by atoms with van der Waals surface area (Å²) in [5.74, 6) is 1.04. The summed E-state index contributed by atoms with van der Waals surface area (Å²) in [5, 5.41) is 5.14. The van der Waals surface area contributed by atoms with Crippen LogP contribution >= 0.6 is 11.6 Å². The summed E-state index contributed by atoms with van der Waals surface area (Å²) in [5.41, 5.74) is 7.85. The minimum atomic E-state index is 0.207. The molecule has 1 heterocycles. The SMILES string of the molecule is CCn1ncc(Cl)c1C1CC(C(C)(C)C)CCC1N. The van der Waals surface area contributed by atoms with Crippen molar-refractivity contribution in [1.29, 1.82) is 0 Å². The standard InChI is InChI=1S/C15H26ClN3/c1-5-19-14(12(16)9-18-19)11-8-10(15(2,3)4)6-7-13(11)17/h9-11,13H,5-8,17H2,1-4H3. The number of nitrogens with two attached hydrogens (primary N) is 1. The van der Waals surface area contributed by atoms with Crippen LogP contribution in [0.15, 0.2) is 6.20 Å². The van der Waals surface area contributed by atoms with Crippen LogP contribution in [0.3, 0.4) is 0 Å². The molecule has 1 aromatic rings. The molecule has 0 bridgehead atoms. The number of hydrogen-bond acceptors (Lipinski definition) is 2. The molecule has 0 radical (unpaired) electrons. The molecule has 0 spiro atoms. The molecule has 1 aliphatic rings. The van der Waals surface area contributed by atoms with Gasteiger partial charge in [-0.25, -0.2) is 0 Å². The van der Waals surface area contributed by atoms with Gasteiger partial charge in [0.1, 0.15) is 0 Å². The van der Waals surface area contributed by atoms with E-state index in [2.05, 4.69) is 32.8 Å². The maximum Gasteiger partial charge on any atom is 0.0821 e. The van der Waals surface area contributed by atoms with Gasteiger partial charge in [-0.05, 0) is 37.5 Å². The van der Waals surface area contributed by atoms with E-state index in [1.54, 1.807) is 6.20 Å².